The molecule has 0 unspecified atom stereocenters. The van der Waals surface area contributed by atoms with Crippen LogP contribution in [0.3, 0.4) is 0 Å². The van der Waals surface area contributed by atoms with Crippen molar-refractivity contribution in [3.05, 3.63) is 65.7 Å². The molecule has 2 aromatic heterocycles. The van der Waals surface area contributed by atoms with Gasteiger partial charge < -0.3 is 0 Å². The number of rotatable bonds is 3. The van der Waals surface area contributed by atoms with Crippen molar-refractivity contribution in [3.8, 4) is 11.4 Å². The Balaban J connectivity index is 1.95. The van der Waals surface area contributed by atoms with Crippen LogP contribution < -0.4 is 4.57 Å². The van der Waals surface area contributed by atoms with Gasteiger partial charge in [0.1, 0.15) is 0 Å². The summed E-state index contributed by atoms with van der Waals surface area (Å²) in [5.74, 6) is 1.84. The van der Waals surface area contributed by atoms with Gasteiger partial charge in [0.2, 0.25) is 0 Å². The van der Waals surface area contributed by atoms with Crippen LogP contribution in [0.1, 0.15) is 50.8 Å². The van der Waals surface area contributed by atoms with Crippen molar-refractivity contribution < 1.29 is 4.57 Å². The number of aryl methyl sites for hydroxylation is 2. The highest BCUT2D eigenvalue weighted by Crippen LogP contribution is 2.42. The number of thiophene rings is 1. The third-order valence-corrected chi connectivity index (χ3v) is 7.44. The van der Waals surface area contributed by atoms with Crippen molar-refractivity contribution >= 4 is 42.5 Å². The van der Waals surface area contributed by atoms with Crippen molar-refractivity contribution in [2.24, 2.45) is 7.05 Å². The normalized spacial score (nSPS) is 12.3. The Bertz CT molecular complexity index is 1420. The average Bonchev–Trinajstić information content (AvgIpc) is 3.23. The van der Waals surface area contributed by atoms with E-state index in [2.05, 4.69) is 105 Å². The standard InChI is InChI=1S/C27H29N2S/c1-16(2)19-12-13-20-24(15-19)30-23-14-11-18(5)25(26(20)23)27-28(6)21-9-7-8-10-22(21)29(27)17(3)4/h7-17H,1-6H3/q+1. The van der Waals surface area contributed by atoms with Crippen LogP contribution in [0.4, 0.5) is 0 Å². The van der Waals surface area contributed by atoms with Crippen LogP contribution in [0.5, 0.6) is 0 Å². The predicted octanol–water partition coefficient (Wildman–Crippen LogP) is 7.51. The third kappa shape index (κ3) is 2.72. The molecule has 0 N–H and O–H groups in total. The SMILES string of the molecule is Cc1ccc2sc3cc(C(C)C)ccc3c2c1-c1n(C(C)C)c2ccccc2[n+]1C. The average molecular weight is 414 g/mol. The van der Waals surface area contributed by atoms with Crippen LogP contribution in [0.2, 0.25) is 0 Å². The van der Waals surface area contributed by atoms with E-state index in [1.807, 2.05) is 11.3 Å². The van der Waals surface area contributed by atoms with Gasteiger partial charge in [-0.05, 0) is 62.1 Å². The molecule has 0 saturated carbocycles. The Hall–Kier alpha value is -2.65. The second-order valence-electron chi connectivity index (χ2n) is 8.98. The van der Waals surface area contributed by atoms with E-state index in [1.165, 1.54) is 53.7 Å². The summed E-state index contributed by atoms with van der Waals surface area (Å²) in [5, 5.41) is 2.77. The Morgan fingerprint density at radius 2 is 1.67 bits per heavy atom. The molecule has 0 saturated heterocycles. The summed E-state index contributed by atoms with van der Waals surface area (Å²) in [6.45, 7) is 11.4. The number of nitrogens with zero attached hydrogens (tertiary/aromatic N) is 2. The van der Waals surface area contributed by atoms with Crippen molar-refractivity contribution in [1.82, 2.24) is 4.57 Å². The Morgan fingerprint density at radius 3 is 2.40 bits per heavy atom. The lowest BCUT2D eigenvalue weighted by Crippen LogP contribution is -2.30. The molecule has 0 fully saturated rings. The second kappa shape index (κ2) is 6.95. The highest BCUT2D eigenvalue weighted by Gasteiger charge is 2.29. The van der Waals surface area contributed by atoms with E-state index in [1.54, 1.807) is 0 Å². The zero-order chi connectivity index (χ0) is 21.2. The van der Waals surface area contributed by atoms with Gasteiger partial charge in [0.05, 0.1) is 18.7 Å². The maximum Gasteiger partial charge on any atom is 0.290 e. The van der Waals surface area contributed by atoms with Crippen molar-refractivity contribution in [3.63, 3.8) is 0 Å². The minimum Gasteiger partial charge on any atom is -0.226 e. The molecule has 0 atom stereocenters. The molecule has 2 nitrogen and oxygen atoms in total. The zero-order valence-electron chi connectivity index (χ0n) is 18.7. The van der Waals surface area contributed by atoms with Gasteiger partial charge >= 0.3 is 0 Å². The summed E-state index contributed by atoms with van der Waals surface area (Å²) < 4.78 is 7.64. The largest absolute Gasteiger partial charge is 0.290 e. The van der Waals surface area contributed by atoms with E-state index in [0.717, 1.165) is 0 Å². The number of aromatic nitrogens is 2. The van der Waals surface area contributed by atoms with Crippen molar-refractivity contribution in [2.45, 2.75) is 46.6 Å². The van der Waals surface area contributed by atoms with Crippen LogP contribution in [-0.2, 0) is 7.05 Å². The van der Waals surface area contributed by atoms with Crippen molar-refractivity contribution in [1.29, 1.82) is 0 Å². The maximum atomic E-state index is 2.50. The molecule has 30 heavy (non-hydrogen) atoms. The summed E-state index contributed by atoms with van der Waals surface area (Å²) >= 11 is 1.92. The smallest absolute Gasteiger partial charge is 0.226 e. The first-order valence-electron chi connectivity index (χ1n) is 10.8. The molecule has 5 rings (SSSR count). The number of fused-ring (bicyclic) bond motifs is 4. The minimum absolute atomic E-state index is 0.373. The van der Waals surface area contributed by atoms with Gasteiger partial charge in [-0.25, -0.2) is 9.13 Å². The fraction of sp³-hybridized carbons (Fsp3) is 0.296. The van der Waals surface area contributed by atoms with Crippen LogP contribution >= 0.6 is 11.3 Å². The van der Waals surface area contributed by atoms with Gasteiger partial charge in [0, 0.05) is 20.2 Å². The summed E-state index contributed by atoms with van der Waals surface area (Å²) in [6, 6.07) is 20.8. The highest BCUT2D eigenvalue weighted by molar-refractivity contribution is 7.26. The molecular formula is C27H29N2S+. The lowest BCUT2D eigenvalue weighted by molar-refractivity contribution is -0.634. The lowest BCUT2D eigenvalue weighted by atomic mass is 9.98. The molecule has 0 aliphatic carbocycles. The maximum absolute atomic E-state index is 2.50. The molecular weight excluding hydrogens is 384 g/mol. The summed E-state index contributed by atoms with van der Waals surface area (Å²) in [5.41, 5.74) is 6.68. The first kappa shape index (κ1) is 19.3. The van der Waals surface area contributed by atoms with E-state index in [-0.39, 0.29) is 0 Å². The third-order valence-electron chi connectivity index (χ3n) is 6.33. The van der Waals surface area contributed by atoms with E-state index in [9.17, 15) is 0 Å². The topological polar surface area (TPSA) is 8.81 Å². The predicted molar refractivity (Wildman–Crippen MR) is 131 cm³/mol. The van der Waals surface area contributed by atoms with Crippen LogP contribution in [0, 0.1) is 6.92 Å². The van der Waals surface area contributed by atoms with Gasteiger partial charge in [0.25, 0.3) is 5.82 Å². The van der Waals surface area contributed by atoms with Crippen LogP contribution in [0.25, 0.3) is 42.6 Å². The number of benzene rings is 3. The molecule has 0 radical (unpaired) electrons. The molecule has 3 aromatic carbocycles. The highest BCUT2D eigenvalue weighted by atomic mass is 32.1. The monoisotopic (exact) mass is 413 g/mol. The van der Waals surface area contributed by atoms with E-state index < -0.39 is 0 Å². The Morgan fingerprint density at radius 1 is 0.900 bits per heavy atom. The van der Waals surface area contributed by atoms with Crippen molar-refractivity contribution in [2.75, 3.05) is 0 Å². The van der Waals surface area contributed by atoms with Gasteiger partial charge in [-0.3, -0.25) is 0 Å². The lowest BCUT2D eigenvalue weighted by Gasteiger charge is -2.11. The van der Waals surface area contributed by atoms with Crippen LogP contribution in [-0.4, -0.2) is 4.57 Å². The van der Waals surface area contributed by atoms with E-state index in [0.29, 0.717) is 12.0 Å². The number of para-hydroxylation sites is 2. The quantitative estimate of drug-likeness (QED) is 0.271. The summed E-state index contributed by atoms with van der Waals surface area (Å²) in [7, 11) is 2.21. The first-order valence-corrected chi connectivity index (χ1v) is 11.6. The molecule has 5 aromatic rings. The van der Waals surface area contributed by atoms with E-state index in [4.69, 9.17) is 0 Å². The molecule has 3 heteroatoms. The Labute approximate surface area is 182 Å². The minimum atomic E-state index is 0.373. The molecule has 0 amide bonds. The van der Waals surface area contributed by atoms with Gasteiger partial charge in [0.15, 0.2) is 11.0 Å². The fourth-order valence-electron chi connectivity index (χ4n) is 4.79. The van der Waals surface area contributed by atoms with Gasteiger partial charge in [-0.1, -0.05) is 44.2 Å². The fourth-order valence-corrected chi connectivity index (χ4v) is 5.95. The first-order chi connectivity index (χ1) is 14.4. The molecule has 0 spiro atoms. The summed E-state index contributed by atoms with van der Waals surface area (Å²) in [6.07, 6.45) is 0. The van der Waals surface area contributed by atoms with Crippen LogP contribution in [0.15, 0.2) is 54.6 Å². The van der Waals surface area contributed by atoms with Gasteiger partial charge in [-0.2, -0.15) is 0 Å². The molecule has 0 bridgehead atoms. The number of hydrogen-bond donors (Lipinski definition) is 0. The van der Waals surface area contributed by atoms with E-state index >= 15 is 0 Å². The molecule has 0 aliphatic heterocycles. The number of imidazole rings is 1. The molecule has 0 aliphatic rings. The zero-order valence-corrected chi connectivity index (χ0v) is 19.5. The molecule has 2 heterocycles. The number of hydrogen-bond acceptors (Lipinski definition) is 1. The summed E-state index contributed by atoms with van der Waals surface area (Å²) in [4.78, 5) is 0. The Kier molecular flexibility index (Phi) is 4.48. The second-order valence-corrected chi connectivity index (χ2v) is 10.1. The molecule has 152 valence electrons. The van der Waals surface area contributed by atoms with Gasteiger partial charge in [-0.15, -0.1) is 11.3 Å².